The number of hydrogen-bond donors (Lipinski definition) is 1. The molecule has 0 unspecified atom stereocenters. The SMILES string of the molecule is COc1ccc([Si](C)(C)[C@@H]2[C@@H](CC(=O)N3CCC[C@H]3CO)O[C@]3(C(=O)N(C/C=C(\C)CCC=C(C)C)c4ccc(N5C(=O)c6ccccc6Oc6ccccc65)cc43)[C@H]2C)cc1. The van der Waals surface area contributed by atoms with Crippen molar-refractivity contribution in [1.82, 2.24) is 4.90 Å². The molecule has 0 radical (unpaired) electrons. The fourth-order valence-corrected chi connectivity index (χ4v) is 14.5. The molecule has 2 saturated heterocycles. The number of fused-ring (bicyclic) bond motifs is 4. The number of anilines is 3. The first-order valence-electron chi connectivity index (χ1n) is 22.0. The first-order chi connectivity index (χ1) is 29.8. The van der Waals surface area contributed by atoms with Crippen LogP contribution >= 0.6 is 0 Å². The molecular weight excluding hydrogens is 795 g/mol. The summed E-state index contributed by atoms with van der Waals surface area (Å²) >= 11 is 0. The van der Waals surface area contributed by atoms with Crippen molar-refractivity contribution < 1.29 is 33.7 Å². The van der Waals surface area contributed by atoms with Gasteiger partial charge >= 0.3 is 0 Å². The summed E-state index contributed by atoms with van der Waals surface area (Å²) in [5, 5.41) is 11.4. The van der Waals surface area contributed by atoms with Crippen molar-refractivity contribution in [3.63, 3.8) is 0 Å². The number of nitrogens with zero attached hydrogens (tertiary/aromatic N) is 3. The molecule has 2 fully saturated rings. The Morgan fingerprint density at radius 3 is 2.39 bits per heavy atom. The Hall–Kier alpha value is -5.49. The highest BCUT2D eigenvalue weighted by Gasteiger charge is 2.66. The minimum Gasteiger partial charge on any atom is -0.497 e. The standard InChI is InChI=1S/C51H59N3O7Si/c1-33(2)14-12-15-34(3)27-29-53-42-26-21-36(54-43-18-9-11-20-45(43)60-44-19-10-8-17-40(44)49(54)57)30-41(42)51(50(53)58)35(4)48(62(6,7)39-24-22-38(59-5)23-25-39)46(61-51)31-47(56)52-28-13-16-37(52)32-55/h8-11,14,17-27,30,35,37,46,48,55H,12-13,15-16,28-29,31-32H2,1-7H3/b34-27+/t35-,37-,46+,48-,51+/m0/s1. The molecule has 8 rings (SSSR count). The van der Waals surface area contributed by atoms with Crippen LogP contribution in [0.3, 0.4) is 0 Å². The summed E-state index contributed by atoms with van der Waals surface area (Å²) in [5.74, 6) is 0.885. The lowest BCUT2D eigenvalue weighted by molar-refractivity contribution is -0.149. The van der Waals surface area contributed by atoms with Gasteiger partial charge in [0.1, 0.15) is 11.5 Å². The maximum absolute atomic E-state index is 15.7. The monoisotopic (exact) mass is 853 g/mol. The number of carbonyl (C=O) groups excluding carboxylic acids is 3. The van der Waals surface area contributed by atoms with E-state index in [1.165, 1.54) is 16.3 Å². The summed E-state index contributed by atoms with van der Waals surface area (Å²) in [5.41, 5.74) is 3.78. The predicted octanol–water partition coefficient (Wildman–Crippen LogP) is 9.41. The van der Waals surface area contributed by atoms with E-state index in [1.807, 2.05) is 71.6 Å². The van der Waals surface area contributed by atoms with Gasteiger partial charge in [0.05, 0.1) is 57.3 Å². The van der Waals surface area contributed by atoms with E-state index in [1.54, 1.807) is 29.0 Å². The molecule has 324 valence electrons. The molecule has 0 saturated carbocycles. The highest BCUT2D eigenvalue weighted by Crippen LogP contribution is 2.61. The third-order valence-corrected chi connectivity index (χ3v) is 18.1. The highest BCUT2D eigenvalue weighted by atomic mass is 28.3. The zero-order valence-electron chi connectivity index (χ0n) is 37.0. The predicted molar refractivity (Wildman–Crippen MR) is 247 cm³/mol. The number of hydrogen-bond acceptors (Lipinski definition) is 7. The van der Waals surface area contributed by atoms with Crippen LogP contribution < -0.4 is 24.5 Å². The second-order valence-electron chi connectivity index (χ2n) is 18.1. The highest BCUT2D eigenvalue weighted by molar-refractivity contribution is 6.91. The van der Waals surface area contributed by atoms with Gasteiger partial charge in [-0.1, -0.05) is 84.9 Å². The van der Waals surface area contributed by atoms with E-state index in [0.29, 0.717) is 47.1 Å². The number of methoxy groups -OCH3 is 1. The third-order valence-electron chi connectivity index (χ3n) is 13.7. The molecule has 4 aliphatic rings. The van der Waals surface area contributed by atoms with Crippen molar-refractivity contribution in [2.24, 2.45) is 5.92 Å². The van der Waals surface area contributed by atoms with Crippen LogP contribution in [0.5, 0.6) is 17.2 Å². The Bertz CT molecular complexity index is 2420. The normalized spacial score (nSPS) is 23.2. The van der Waals surface area contributed by atoms with Crippen molar-refractivity contribution in [3.8, 4) is 17.2 Å². The van der Waals surface area contributed by atoms with E-state index in [2.05, 4.69) is 65.1 Å². The molecule has 5 atom stereocenters. The average molecular weight is 854 g/mol. The number of para-hydroxylation sites is 3. The Balaban J connectivity index is 1.28. The van der Waals surface area contributed by atoms with Crippen LogP contribution in [0.1, 0.15) is 75.7 Å². The number of ether oxygens (including phenoxy) is 3. The smallest absolute Gasteiger partial charge is 0.266 e. The molecule has 0 bridgehead atoms. The van der Waals surface area contributed by atoms with E-state index >= 15 is 4.79 Å². The minimum absolute atomic E-state index is 0.0723. The molecule has 1 spiro atoms. The molecule has 3 amide bonds. The van der Waals surface area contributed by atoms with Crippen molar-refractivity contribution in [2.75, 3.05) is 36.6 Å². The summed E-state index contributed by atoms with van der Waals surface area (Å²) in [6, 6.07) is 28.5. The molecule has 4 heterocycles. The first-order valence-corrected chi connectivity index (χ1v) is 25.1. The van der Waals surface area contributed by atoms with Gasteiger partial charge in [-0.25, -0.2) is 0 Å². The van der Waals surface area contributed by atoms with Crippen molar-refractivity contribution in [2.45, 2.75) is 96.2 Å². The van der Waals surface area contributed by atoms with Crippen molar-refractivity contribution in [1.29, 1.82) is 0 Å². The van der Waals surface area contributed by atoms with Gasteiger partial charge in [0.25, 0.3) is 11.8 Å². The molecule has 4 aromatic rings. The van der Waals surface area contributed by atoms with E-state index in [9.17, 15) is 14.7 Å². The number of allylic oxidation sites excluding steroid dienone is 3. The van der Waals surface area contributed by atoms with Gasteiger partial charge in [0, 0.05) is 30.3 Å². The lowest BCUT2D eigenvalue weighted by atomic mass is 9.82. The van der Waals surface area contributed by atoms with E-state index < -0.39 is 19.8 Å². The summed E-state index contributed by atoms with van der Waals surface area (Å²) in [6.07, 6.45) is 7.20. The number of aliphatic hydroxyl groups is 1. The summed E-state index contributed by atoms with van der Waals surface area (Å²) < 4.78 is 19.3. The van der Waals surface area contributed by atoms with Gasteiger partial charge in [0.2, 0.25) is 5.91 Å². The van der Waals surface area contributed by atoms with Crippen LogP contribution in [-0.2, 0) is 19.9 Å². The largest absolute Gasteiger partial charge is 0.497 e. The lowest BCUT2D eigenvalue weighted by Gasteiger charge is -2.37. The summed E-state index contributed by atoms with van der Waals surface area (Å²) in [4.78, 5) is 50.1. The van der Waals surface area contributed by atoms with Crippen LogP contribution in [-0.4, -0.2) is 74.8 Å². The number of rotatable bonds is 12. The minimum atomic E-state index is -2.59. The van der Waals surface area contributed by atoms with Crippen molar-refractivity contribution >= 4 is 48.0 Å². The van der Waals surface area contributed by atoms with Crippen LogP contribution in [0, 0.1) is 5.92 Å². The zero-order chi connectivity index (χ0) is 43.9. The number of aliphatic hydroxyl groups excluding tert-OH is 1. The van der Waals surface area contributed by atoms with Crippen molar-refractivity contribution in [3.05, 3.63) is 125 Å². The van der Waals surface area contributed by atoms with Crippen LogP contribution in [0.15, 0.2) is 114 Å². The van der Waals surface area contributed by atoms with Gasteiger partial charge in [-0.15, -0.1) is 0 Å². The van der Waals surface area contributed by atoms with Gasteiger partial charge < -0.3 is 29.1 Å². The molecule has 10 nitrogen and oxygen atoms in total. The Morgan fingerprint density at radius 2 is 1.66 bits per heavy atom. The first kappa shape index (κ1) is 43.2. The molecular formula is C51H59N3O7Si. The van der Waals surface area contributed by atoms with E-state index in [-0.39, 0.29) is 48.3 Å². The second-order valence-corrected chi connectivity index (χ2v) is 22.8. The molecule has 0 aromatic heterocycles. The third kappa shape index (κ3) is 7.58. The molecule has 4 aromatic carbocycles. The van der Waals surface area contributed by atoms with E-state index in [0.717, 1.165) is 37.1 Å². The molecule has 4 aliphatic heterocycles. The van der Waals surface area contributed by atoms with E-state index in [4.69, 9.17) is 14.2 Å². The molecule has 0 aliphatic carbocycles. The topological polar surface area (TPSA) is 109 Å². The van der Waals surface area contributed by atoms with Crippen LogP contribution in [0.25, 0.3) is 0 Å². The van der Waals surface area contributed by atoms with Crippen LogP contribution in [0.2, 0.25) is 18.6 Å². The van der Waals surface area contributed by atoms with Gasteiger partial charge in [-0.3, -0.25) is 19.3 Å². The number of likely N-dealkylation sites (tertiary alicyclic amines) is 1. The second kappa shape index (κ2) is 17.3. The number of carbonyl (C=O) groups is 3. The fraction of sp³-hybridized carbons (Fsp3) is 0.392. The fourth-order valence-electron chi connectivity index (χ4n) is 10.5. The van der Waals surface area contributed by atoms with Gasteiger partial charge in [-0.2, -0.15) is 0 Å². The Kier molecular flexibility index (Phi) is 12.1. The zero-order valence-corrected chi connectivity index (χ0v) is 38.0. The number of benzene rings is 4. The quantitative estimate of drug-likeness (QED) is 0.112. The molecule has 11 heteroatoms. The average Bonchev–Trinajstić information content (AvgIpc) is 3.90. The Morgan fingerprint density at radius 1 is 0.935 bits per heavy atom. The van der Waals surface area contributed by atoms with Gasteiger partial charge in [0.15, 0.2) is 11.4 Å². The molecule has 1 N–H and O–H groups in total. The number of amides is 3. The lowest BCUT2D eigenvalue weighted by Crippen LogP contribution is -2.52. The van der Waals surface area contributed by atoms with Gasteiger partial charge in [-0.05, 0) is 107 Å². The summed E-state index contributed by atoms with van der Waals surface area (Å²) in [7, 11) is -0.934. The summed E-state index contributed by atoms with van der Waals surface area (Å²) in [6.45, 7) is 13.9. The maximum Gasteiger partial charge on any atom is 0.266 e. The van der Waals surface area contributed by atoms with Crippen LogP contribution in [0.4, 0.5) is 17.1 Å². The maximum atomic E-state index is 15.7. The molecule has 62 heavy (non-hydrogen) atoms. The Labute approximate surface area is 366 Å².